The predicted molar refractivity (Wildman–Crippen MR) is 141 cm³/mol. The van der Waals surface area contributed by atoms with Crippen LogP contribution in [0.5, 0.6) is 0 Å². The third-order valence-electron chi connectivity index (χ3n) is 6.77. The summed E-state index contributed by atoms with van der Waals surface area (Å²) in [6.45, 7) is 13.3. The van der Waals surface area contributed by atoms with Crippen LogP contribution in [0.4, 0.5) is 5.69 Å². The van der Waals surface area contributed by atoms with Gasteiger partial charge in [0.05, 0.1) is 0 Å². The summed E-state index contributed by atoms with van der Waals surface area (Å²) in [4.78, 5) is 40.1. The van der Waals surface area contributed by atoms with E-state index >= 15 is 0 Å². The monoisotopic (exact) mass is 528 g/mol. The lowest BCUT2D eigenvalue weighted by atomic mass is 9.88. The maximum Gasteiger partial charge on any atom is 0.227 e. The van der Waals surface area contributed by atoms with Gasteiger partial charge in [-0.3, -0.25) is 14.4 Å². The highest BCUT2D eigenvalue weighted by Gasteiger charge is 2.30. The van der Waals surface area contributed by atoms with Crippen molar-refractivity contribution in [2.45, 2.75) is 79.7 Å². The molecular weight excluding hydrogens is 492 g/mol. The van der Waals surface area contributed by atoms with E-state index in [9.17, 15) is 14.4 Å². The van der Waals surface area contributed by atoms with E-state index in [2.05, 4.69) is 21.2 Å². The van der Waals surface area contributed by atoms with E-state index in [4.69, 9.17) is 0 Å². The van der Waals surface area contributed by atoms with Crippen LogP contribution in [0.2, 0.25) is 0 Å². The van der Waals surface area contributed by atoms with Gasteiger partial charge in [0.1, 0.15) is 0 Å². The molecule has 0 bridgehead atoms. The first kappa shape index (κ1) is 26.4. The van der Waals surface area contributed by atoms with Gasteiger partial charge in [0.15, 0.2) is 11.6 Å². The number of benzene rings is 1. The number of amides is 1. The number of carbonyl (C=O) groups is 3. The van der Waals surface area contributed by atoms with Crippen LogP contribution in [0.3, 0.4) is 0 Å². The van der Waals surface area contributed by atoms with Crippen LogP contribution in [0.1, 0.15) is 82.6 Å². The fourth-order valence-electron chi connectivity index (χ4n) is 4.84. The third kappa shape index (κ3) is 6.26. The second-order valence-electron chi connectivity index (χ2n) is 10.8. The number of carbonyl (C=O) groups excluding carboxylic acids is 3. The van der Waals surface area contributed by atoms with Crippen LogP contribution in [-0.2, 0) is 9.59 Å². The molecule has 34 heavy (non-hydrogen) atoms. The lowest BCUT2D eigenvalue weighted by molar-refractivity contribution is -0.140. The van der Waals surface area contributed by atoms with Crippen LogP contribution >= 0.6 is 15.9 Å². The molecule has 1 saturated heterocycles. The van der Waals surface area contributed by atoms with Crippen molar-refractivity contribution < 1.29 is 14.4 Å². The molecule has 5 nitrogen and oxygen atoms in total. The molecule has 0 saturated carbocycles. The highest BCUT2D eigenvalue weighted by atomic mass is 79.9. The van der Waals surface area contributed by atoms with Crippen molar-refractivity contribution in [3.63, 3.8) is 0 Å². The Morgan fingerprint density at radius 1 is 1.12 bits per heavy atom. The summed E-state index contributed by atoms with van der Waals surface area (Å²) in [6, 6.07) is 4.15. The summed E-state index contributed by atoms with van der Waals surface area (Å²) in [5, 5.41) is 3.62. The number of nitrogens with zero attached hydrogens (tertiary/aromatic N) is 1. The van der Waals surface area contributed by atoms with Crippen molar-refractivity contribution in [1.82, 2.24) is 4.90 Å². The number of piperidine rings is 1. The summed E-state index contributed by atoms with van der Waals surface area (Å²) in [5.41, 5.74) is 5.03. The molecule has 1 heterocycles. The van der Waals surface area contributed by atoms with Crippen molar-refractivity contribution in [1.29, 1.82) is 0 Å². The van der Waals surface area contributed by atoms with E-state index < -0.39 is 0 Å². The average Bonchev–Trinajstić information content (AvgIpc) is 2.74. The van der Waals surface area contributed by atoms with Gasteiger partial charge < -0.3 is 10.2 Å². The van der Waals surface area contributed by atoms with Gasteiger partial charge in [-0.25, -0.2) is 0 Å². The van der Waals surface area contributed by atoms with Gasteiger partial charge in [0.2, 0.25) is 5.91 Å². The zero-order valence-electron chi connectivity index (χ0n) is 21.3. The minimum atomic E-state index is -0.359. The fourth-order valence-corrected chi connectivity index (χ4v) is 5.29. The van der Waals surface area contributed by atoms with E-state index in [1.54, 1.807) is 0 Å². The van der Waals surface area contributed by atoms with Crippen molar-refractivity contribution in [3.05, 3.63) is 50.5 Å². The van der Waals surface area contributed by atoms with Crippen molar-refractivity contribution in [2.75, 3.05) is 18.4 Å². The van der Waals surface area contributed by atoms with Crippen molar-refractivity contribution >= 4 is 39.1 Å². The van der Waals surface area contributed by atoms with Gasteiger partial charge in [-0.05, 0) is 68.9 Å². The smallest absolute Gasteiger partial charge is 0.227 e. The number of rotatable bonds is 6. The van der Waals surface area contributed by atoms with E-state index in [1.807, 2.05) is 64.7 Å². The number of ketones is 2. The van der Waals surface area contributed by atoms with Gasteiger partial charge in [-0.2, -0.15) is 0 Å². The van der Waals surface area contributed by atoms with Gasteiger partial charge in [0.25, 0.3) is 0 Å². The molecule has 6 heteroatoms. The Morgan fingerprint density at radius 3 is 2.35 bits per heavy atom. The molecular formula is C28H37BrN2O3. The average molecular weight is 530 g/mol. The summed E-state index contributed by atoms with van der Waals surface area (Å²) >= 11 is 3.57. The third-order valence-corrected chi connectivity index (χ3v) is 7.23. The Labute approximate surface area is 212 Å². The molecule has 0 radical (unpaired) electrons. The van der Waals surface area contributed by atoms with Crippen LogP contribution in [0, 0.1) is 12.3 Å². The molecule has 1 aromatic carbocycles. The molecule has 1 aromatic rings. The van der Waals surface area contributed by atoms with Gasteiger partial charge in [-0.1, -0.05) is 48.4 Å². The number of hydrogen-bond donors (Lipinski definition) is 1. The van der Waals surface area contributed by atoms with E-state index in [1.165, 1.54) is 0 Å². The van der Waals surface area contributed by atoms with Gasteiger partial charge in [0, 0.05) is 53.1 Å². The van der Waals surface area contributed by atoms with Crippen molar-refractivity contribution in [2.24, 2.45) is 5.41 Å². The number of allylic oxidation sites excluding steroid dienone is 4. The Morgan fingerprint density at radius 2 is 1.76 bits per heavy atom. The highest BCUT2D eigenvalue weighted by molar-refractivity contribution is 9.10. The lowest BCUT2D eigenvalue weighted by Crippen LogP contribution is -2.46. The van der Waals surface area contributed by atoms with Crippen molar-refractivity contribution in [3.8, 4) is 0 Å². The Hall–Kier alpha value is -2.21. The molecule has 1 aliphatic heterocycles. The topological polar surface area (TPSA) is 66.5 Å². The first-order valence-corrected chi connectivity index (χ1v) is 13.0. The number of Topliss-reactive ketones (excluding diaryl/α,β-unsaturated/α-hetero) is 2. The number of likely N-dealkylation sites (tertiary alicyclic amines) is 1. The molecule has 0 atom stereocenters. The maximum atomic E-state index is 13.2. The molecule has 184 valence electrons. The zero-order valence-corrected chi connectivity index (χ0v) is 22.9. The number of anilines is 1. The molecule has 1 N–H and O–H groups in total. The molecule has 0 unspecified atom stereocenters. The SMILES string of the molecule is CC1=CC(C)=C(CCC(=O)c2cc(Br)cc(NC3CCN(C(=O)C(C)(C)C)CC3)c2C)C(=O)C1. The summed E-state index contributed by atoms with van der Waals surface area (Å²) in [5.74, 6) is 0.381. The number of hydrogen-bond acceptors (Lipinski definition) is 4. The Kier molecular flexibility index (Phi) is 8.22. The minimum Gasteiger partial charge on any atom is -0.382 e. The predicted octanol–water partition coefficient (Wildman–Crippen LogP) is 6.41. The molecule has 1 fully saturated rings. The molecule has 1 amide bonds. The minimum absolute atomic E-state index is 0.0480. The normalized spacial score (nSPS) is 17.7. The lowest BCUT2D eigenvalue weighted by Gasteiger charge is -2.36. The van der Waals surface area contributed by atoms with E-state index in [0.717, 1.165) is 58.4 Å². The van der Waals surface area contributed by atoms with Crippen LogP contribution < -0.4 is 5.32 Å². The van der Waals surface area contributed by atoms with Crippen LogP contribution in [-0.4, -0.2) is 41.5 Å². The first-order chi connectivity index (χ1) is 15.9. The number of halogens is 1. The maximum absolute atomic E-state index is 13.2. The highest BCUT2D eigenvalue weighted by Crippen LogP contribution is 2.30. The first-order valence-electron chi connectivity index (χ1n) is 12.2. The number of nitrogens with one attached hydrogen (secondary N) is 1. The van der Waals surface area contributed by atoms with E-state index in [-0.39, 0.29) is 28.9 Å². The van der Waals surface area contributed by atoms with Gasteiger partial charge >= 0.3 is 0 Å². The summed E-state index contributed by atoms with van der Waals surface area (Å²) in [6.07, 6.45) is 5.04. The molecule has 0 spiro atoms. The standard InChI is InChI=1S/C28H37BrN2O3/c1-17-13-18(2)22(26(33)14-17)7-8-25(32)23-15-20(29)16-24(19(23)3)30-21-9-11-31(12-10-21)27(34)28(4,5)6/h13,15-16,21,30H,7-12,14H2,1-6H3. The second kappa shape index (κ2) is 10.6. The zero-order chi connectivity index (χ0) is 25.2. The molecule has 0 aromatic heterocycles. The molecule has 1 aliphatic carbocycles. The largest absolute Gasteiger partial charge is 0.382 e. The Balaban J connectivity index is 1.67. The van der Waals surface area contributed by atoms with Crippen LogP contribution in [0.15, 0.2) is 39.4 Å². The quantitative estimate of drug-likeness (QED) is 0.433. The second-order valence-corrected chi connectivity index (χ2v) is 11.7. The van der Waals surface area contributed by atoms with Crippen LogP contribution in [0.25, 0.3) is 0 Å². The van der Waals surface area contributed by atoms with Gasteiger partial charge in [-0.15, -0.1) is 0 Å². The summed E-state index contributed by atoms with van der Waals surface area (Å²) < 4.78 is 0.854. The summed E-state index contributed by atoms with van der Waals surface area (Å²) in [7, 11) is 0. The Bertz CT molecular complexity index is 1050. The van der Waals surface area contributed by atoms with E-state index in [0.29, 0.717) is 24.8 Å². The molecule has 2 aliphatic rings. The fraction of sp³-hybridized carbons (Fsp3) is 0.536. The molecule has 3 rings (SSSR count).